The molecule has 2 aromatic heterocycles. The first-order chi connectivity index (χ1) is 9.08. The molecule has 0 radical (unpaired) electrons. The molecule has 2 rings (SSSR count). The van der Waals surface area contributed by atoms with Crippen LogP contribution in [0.3, 0.4) is 0 Å². The van der Waals surface area contributed by atoms with Crippen molar-refractivity contribution in [2.45, 2.75) is 45.8 Å². The summed E-state index contributed by atoms with van der Waals surface area (Å²) in [6, 6.07) is 0.359. The fourth-order valence-corrected chi connectivity index (χ4v) is 2.39. The lowest BCUT2D eigenvalue weighted by Crippen LogP contribution is -2.20. The molecule has 0 amide bonds. The van der Waals surface area contributed by atoms with Gasteiger partial charge in [-0.15, -0.1) is 0 Å². The van der Waals surface area contributed by atoms with E-state index in [1.165, 1.54) is 0 Å². The van der Waals surface area contributed by atoms with E-state index in [9.17, 15) is 0 Å². The Balaban J connectivity index is 2.10. The average molecular weight is 261 g/mol. The molecule has 2 N–H and O–H groups in total. The number of hydrogen-bond donors (Lipinski definition) is 1. The molecule has 2 unspecified atom stereocenters. The van der Waals surface area contributed by atoms with E-state index in [1.807, 2.05) is 25.0 Å². The van der Waals surface area contributed by atoms with Crippen molar-refractivity contribution in [2.24, 2.45) is 11.7 Å². The highest BCUT2D eigenvalue weighted by Crippen LogP contribution is 2.22. The molecule has 0 saturated heterocycles. The Labute approximate surface area is 114 Å². The van der Waals surface area contributed by atoms with E-state index in [0.29, 0.717) is 12.0 Å². The fourth-order valence-electron chi connectivity index (χ4n) is 2.39. The molecule has 5 heteroatoms. The molecule has 19 heavy (non-hydrogen) atoms. The van der Waals surface area contributed by atoms with Crippen LogP contribution >= 0.6 is 0 Å². The van der Waals surface area contributed by atoms with Gasteiger partial charge in [-0.05, 0) is 19.3 Å². The molecular weight excluding hydrogens is 238 g/mol. The molecule has 2 aromatic rings. The molecule has 0 aliphatic heterocycles. The third-order valence-corrected chi connectivity index (χ3v) is 3.31. The second kappa shape index (κ2) is 6.02. The molecule has 0 fully saturated rings. The quantitative estimate of drug-likeness (QED) is 0.868. The van der Waals surface area contributed by atoms with Crippen molar-refractivity contribution < 1.29 is 0 Å². The predicted molar refractivity (Wildman–Crippen MR) is 75.5 cm³/mol. The summed E-state index contributed by atoms with van der Waals surface area (Å²) in [5.74, 6) is 0.585. The van der Waals surface area contributed by atoms with Crippen LogP contribution in [0.2, 0.25) is 0 Å². The normalized spacial score (nSPS) is 14.8. The van der Waals surface area contributed by atoms with Gasteiger partial charge < -0.3 is 14.9 Å². The van der Waals surface area contributed by atoms with Gasteiger partial charge in [-0.2, -0.15) is 0 Å². The van der Waals surface area contributed by atoms with Crippen molar-refractivity contribution in [3.05, 3.63) is 36.9 Å². The lowest BCUT2D eigenvalue weighted by atomic mass is 10.0. The van der Waals surface area contributed by atoms with Crippen molar-refractivity contribution >= 4 is 0 Å². The largest absolute Gasteiger partial charge is 0.335 e. The highest BCUT2D eigenvalue weighted by Gasteiger charge is 2.16. The van der Waals surface area contributed by atoms with Crippen molar-refractivity contribution in [1.82, 2.24) is 19.1 Å². The van der Waals surface area contributed by atoms with E-state index in [1.54, 1.807) is 6.20 Å². The summed E-state index contributed by atoms with van der Waals surface area (Å²) in [5.41, 5.74) is 7.38. The van der Waals surface area contributed by atoms with Gasteiger partial charge in [0.1, 0.15) is 0 Å². The van der Waals surface area contributed by atoms with Crippen LogP contribution in [0.15, 0.2) is 31.2 Å². The van der Waals surface area contributed by atoms with Crippen molar-refractivity contribution in [3.63, 3.8) is 0 Å². The maximum atomic E-state index is 6.27. The number of imidazole rings is 2. The highest BCUT2D eigenvalue weighted by molar-refractivity contribution is 5.06. The van der Waals surface area contributed by atoms with E-state index in [-0.39, 0.29) is 6.04 Å². The lowest BCUT2D eigenvalue weighted by molar-refractivity contribution is 0.421. The number of nitrogens with zero attached hydrogens (tertiary/aromatic N) is 4. The highest BCUT2D eigenvalue weighted by atomic mass is 15.1. The Morgan fingerprint density at radius 1 is 1.21 bits per heavy atom. The molecule has 0 bridgehead atoms. The van der Waals surface area contributed by atoms with Crippen molar-refractivity contribution in [1.29, 1.82) is 0 Å². The summed E-state index contributed by atoms with van der Waals surface area (Å²) in [6.45, 7) is 7.43. The zero-order valence-electron chi connectivity index (χ0n) is 11.9. The Hall–Kier alpha value is -1.62. The van der Waals surface area contributed by atoms with Crippen LogP contribution in [0.5, 0.6) is 0 Å². The summed E-state index contributed by atoms with van der Waals surface area (Å²) in [4.78, 5) is 8.33. The number of rotatable bonds is 6. The van der Waals surface area contributed by atoms with E-state index in [4.69, 9.17) is 5.73 Å². The fraction of sp³-hybridized carbons (Fsp3) is 0.571. The smallest absolute Gasteiger partial charge is 0.0951 e. The summed E-state index contributed by atoms with van der Waals surface area (Å²) in [7, 11) is 0. The van der Waals surface area contributed by atoms with Gasteiger partial charge in [0.15, 0.2) is 0 Å². The molecule has 5 nitrogen and oxygen atoms in total. The number of aromatic nitrogens is 4. The van der Waals surface area contributed by atoms with E-state index >= 15 is 0 Å². The second-order valence-electron chi connectivity index (χ2n) is 5.57. The first-order valence-electron chi connectivity index (χ1n) is 6.81. The number of nitrogens with two attached hydrogens (primary N) is 1. The Kier molecular flexibility index (Phi) is 4.37. The van der Waals surface area contributed by atoms with Gasteiger partial charge in [0, 0.05) is 37.2 Å². The van der Waals surface area contributed by atoms with Gasteiger partial charge in [0.2, 0.25) is 0 Å². The maximum absolute atomic E-state index is 6.27. The topological polar surface area (TPSA) is 61.7 Å². The molecule has 0 aliphatic carbocycles. The molecule has 0 saturated carbocycles. The van der Waals surface area contributed by atoms with Crippen LogP contribution < -0.4 is 5.73 Å². The first kappa shape index (κ1) is 13.8. The van der Waals surface area contributed by atoms with Crippen LogP contribution in [-0.2, 0) is 6.54 Å². The molecule has 0 aliphatic rings. The Bertz CT molecular complexity index is 486. The predicted octanol–water partition coefficient (Wildman–Crippen LogP) is 2.39. The third-order valence-electron chi connectivity index (χ3n) is 3.31. The molecule has 104 valence electrons. The minimum absolute atomic E-state index is 0.0488. The van der Waals surface area contributed by atoms with Gasteiger partial charge in [-0.25, -0.2) is 9.97 Å². The molecule has 2 heterocycles. The van der Waals surface area contributed by atoms with Gasteiger partial charge in [0.05, 0.1) is 18.3 Å². The standard InChI is InChI=1S/C14H23N5/c1-11(2)6-13(15)14-7-17-10-19(14)12(3)8-18-5-4-16-9-18/h4-5,7,9-13H,6,8,15H2,1-3H3. The zero-order valence-corrected chi connectivity index (χ0v) is 11.9. The van der Waals surface area contributed by atoms with Gasteiger partial charge in [0.25, 0.3) is 0 Å². The average Bonchev–Trinajstić information content (AvgIpc) is 2.97. The summed E-state index contributed by atoms with van der Waals surface area (Å²) < 4.78 is 4.25. The molecular formula is C14H23N5. The van der Waals surface area contributed by atoms with E-state index in [0.717, 1.165) is 18.7 Å². The summed E-state index contributed by atoms with van der Waals surface area (Å²) >= 11 is 0. The van der Waals surface area contributed by atoms with Crippen LogP contribution in [0, 0.1) is 5.92 Å². The minimum Gasteiger partial charge on any atom is -0.335 e. The van der Waals surface area contributed by atoms with Gasteiger partial charge in [-0.3, -0.25) is 0 Å². The van der Waals surface area contributed by atoms with Crippen LogP contribution in [0.25, 0.3) is 0 Å². The second-order valence-corrected chi connectivity index (χ2v) is 5.57. The van der Waals surface area contributed by atoms with Crippen molar-refractivity contribution in [2.75, 3.05) is 0 Å². The van der Waals surface area contributed by atoms with Crippen LogP contribution in [-0.4, -0.2) is 19.1 Å². The van der Waals surface area contributed by atoms with Crippen molar-refractivity contribution in [3.8, 4) is 0 Å². The number of hydrogen-bond acceptors (Lipinski definition) is 3. The minimum atomic E-state index is 0.0488. The summed E-state index contributed by atoms with van der Waals surface area (Å²) in [6.07, 6.45) is 10.3. The Morgan fingerprint density at radius 2 is 2.00 bits per heavy atom. The lowest BCUT2D eigenvalue weighted by Gasteiger charge is -2.21. The third kappa shape index (κ3) is 3.44. The van der Waals surface area contributed by atoms with Crippen LogP contribution in [0.4, 0.5) is 0 Å². The zero-order chi connectivity index (χ0) is 13.8. The molecule has 0 spiro atoms. The molecule has 0 aromatic carbocycles. The van der Waals surface area contributed by atoms with E-state index in [2.05, 4.69) is 39.9 Å². The summed E-state index contributed by atoms with van der Waals surface area (Å²) in [5, 5.41) is 0. The molecule has 2 atom stereocenters. The maximum Gasteiger partial charge on any atom is 0.0951 e. The first-order valence-corrected chi connectivity index (χ1v) is 6.81. The van der Waals surface area contributed by atoms with Gasteiger partial charge in [-0.1, -0.05) is 13.8 Å². The Morgan fingerprint density at radius 3 is 2.63 bits per heavy atom. The SMILES string of the molecule is CC(C)CC(N)c1cncn1C(C)Cn1ccnc1. The van der Waals surface area contributed by atoms with E-state index < -0.39 is 0 Å². The monoisotopic (exact) mass is 261 g/mol. The van der Waals surface area contributed by atoms with Crippen LogP contribution in [0.1, 0.15) is 45.0 Å². The van der Waals surface area contributed by atoms with Gasteiger partial charge >= 0.3 is 0 Å².